The number of ether oxygens (including phenoxy) is 1. The number of nitrogens with one attached hydrogen (secondary N) is 1. The van der Waals surface area contributed by atoms with Gasteiger partial charge in [-0.25, -0.2) is 0 Å². The first-order valence-electron chi connectivity index (χ1n) is 7.64. The summed E-state index contributed by atoms with van der Waals surface area (Å²) in [5.41, 5.74) is 3.64. The van der Waals surface area contributed by atoms with Gasteiger partial charge < -0.3 is 10.1 Å². The Morgan fingerprint density at radius 1 is 1.29 bits per heavy atom. The summed E-state index contributed by atoms with van der Waals surface area (Å²) < 4.78 is 5.96. The van der Waals surface area contributed by atoms with Gasteiger partial charge in [0, 0.05) is 11.8 Å². The summed E-state index contributed by atoms with van der Waals surface area (Å²) in [6.45, 7) is 3.93. The van der Waals surface area contributed by atoms with Crippen LogP contribution in [0.15, 0.2) is 36.7 Å². The van der Waals surface area contributed by atoms with E-state index in [4.69, 9.17) is 4.74 Å². The molecule has 0 aliphatic carbocycles. The standard InChI is InChI=1S/C17H21N3O/c1-2-9-18-16(14-8-10-19-20-12-14)15-7-3-5-13-6-4-11-21-17(13)15/h3,5,7-8,10,12,16,18H,2,4,6,9,11H2,1H3. The highest BCUT2D eigenvalue weighted by molar-refractivity contribution is 5.47. The first-order chi connectivity index (χ1) is 10.4. The van der Waals surface area contributed by atoms with Crippen LogP contribution in [0.3, 0.4) is 0 Å². The van der Waals surface area contributed by atoms with Gasteiger partial charge in [-0.1, -0.05) is 25.1 Å². The van der Waals surface area contributed by atoms with Crippen LogP contribution in [0.25, 0.3) is 0 Å². The van der Waals surface area contributed by atoms with Gasteiger partial charge in [0.2, 0.25) is 0 Å². The molecule has 0 fully saturated rings. The Labute approximate surface area is 125 Å². The monoisotopic (exact) mass is 283 g/mol. The van der Waals surface area contributed by atoms with Crippen LogP contribution in [0.4, 0.5) is 0 Å². The molecule has 1 N–H and O–H groups in total. The summed E-state index contributed by atoms with van der Waals surface area (Å²) >= 11 is 0. The van der Waals surface area contributed by atoms with E-state index in [1.807, 2.05) is 12.3 Å². The third-order valence-corrected chi connectivity index (χ3v) is 3.81. The average Bonchev–Trinajstić information content (AvgIpc) is 2.56. The minimum atomic E-state index is 0.105. The maximum atomic E-state index is 5.96. The third kappa shape index (κ3) is 3.05. The van der Waals surface area contributed by atoms with Crippen LogP contribution < -0.4 is 10.1 Å². The van der Waals surface area contributed by atoms with Gasteiger partial charge in [0.1, 0.15) is 5.75 Å². The van der Waals surface area contributed by atoms with Gasteiger partial charge >= 0.3 is 0 Å². The topological polar surface area (TPSA) is 47.0 Å². The van der Waals surface area contributed by atoms with E-state index in [1.54, 1.807) is 6.20 Å². The molecule has 0 bridgehead atoms. The number of nitrogens with zero attached hydrogens (tertiary/aromatic N) is 2. The molecule has 0 saturated heterocycles. The SMILES string of the molecule is CCCNC(c1ccnnc1)c1cccc2c1OCCC2. The van der Waals surface area contributed by atoms with E-state index in [2.05, 4.69) is 40.6 Å². The summed E-state index contributed by atoms with van der Waals surface area (Å²) in [5, 5.41) is 11.5. The van der Waals surface area contributed by atoms with E-state index in [-0.39, 0.29) is 6.04 Å². The first-order valence-corrected chi connectivity index (χ1v) is 7.64. The van der Waals surface area contributed by atoms with Gasteiger partial charge in [-0.2, -0.15) is 10.2 Å². The molecule has 0 amide bonds. The molecule has 4 heteroatoms. The molecule has 1 aliphatic heterocycles. The second-order valence-electron chi connectivity index (χ2n) is 5.35. The van der Waals surface area contributed by atoms with Gasteiger partial charge in [0.25, 0.3) is 0 Å². The van der Waals surface area contributed by atoms with Crippen molar-refractivity contribution < 1.29 is 4.74 Å². The number of fused-ring (bicyclic) bond motifs is 1. The van der Waals surface area contributed by atoms with Crippen molar-refractivity contribution in [3.8, 4) is 5.75 Å². The Morgan fingerprint density at radius 2 is 2.24 bits per heavy atom. The predicted octanol–water partition coefficient (Wildman–Crippen LogP) is 2.89. The molecule has 1 unspecified atom stereocenters. The molecular weight excluding hydrogens is 262 g/mol. The smallest absolute Gasteiger partial charge is 0.127 e. The minimum Gasteiger partial charge on any atom is -0.493 e. The molecule has 3 rings (SSSR count). The van der Waals surface area contributed by atoms with Crippen LogP contribution >= 0.6 is 0 Å². The highest BCUT2D eigenvalue weighted by Gasteiger charge is 2.22. The van der Waals surface area contributed by atoms with Crippen molar-refractivity contribution in [2.75, 3.05) is 13.2 Å². The normalized spacial score (nSPS) is 15.1. The van der Waals surface area contributed by atoms with Gasteiger partial charge in [-0.05, 0) is 43.0 Å². The predicted molar refractivity (Wildman–Crippen MR) is 82.4 cm³/mol. The molecule has 0 spiro atoms. The second kappa shape index (κ2) is 6.68. The molecule has 4 nitrogen and oxygen atoms in total. The van der Waals surface area contributed by atoms with Crippen molar-refractivity contribution >= 4 is 0 Å². The summed E-state index contributed by atoms with van der Waals surface area (Å²) in [6.07, 6.45) is 6.85. The van der Waals surface area contributed by atoms with Crippen LogP contribution in [0.1, 0.15) is 42.5 Å². The van der Waals surface area contributed by atoms with Crippen molar-refractivity contribution in [1.29, 1.82) is 0 Å². The molecular formula is C17H21N3O. The van der Waals surface area contributed by atoms with Gasteiger partial charge in [-0.3, -0.25) is 0 Å². The number of benzene rings is 1. The summed E-state index contributed by atoms with van der Waals surface area (Å²) in [6, 6.07) is 8.56. The van der Waals surface area contributed by atoms with Crippen molar-refractivity contribution in [3.63, 3.8) is 0 Å². The zero-order valence-corrected chi connectivity index (χ0v) is 12.4. The number of hydrogen-bond donors (Lipinski definition) is 1. The van der Waals surface area contributed by atoms with Crippen molar-refractivity contribution in [1.82, 2.24) is 15.5 Å². The van der Waals surface area contributed by atoms with Gasteiger partial charge in [0.05, 0.1) is 18.8 Å². The van der Waals surface area contributed by atoms with Crippen LogP contribution in [0.5, 0.6) is 5.75 Å². The number of rotatable bonds is 5. The minimum absolute atomic E-state index is 0.105. The molecule has 1 aromatic carbocycles. The maximum Gasteiger partial charge on any atom is 0.127 e. The van der Waals surface area contributed by atoms with Crippen molar-refractivity contribution in [2.24, 2.45) is 0 Å². The number of para-hydroxylation sites is 1. The number of aromatic nitrogens is 2. The molecule has 2 aromatic rings. The molecule has 1 aliphatic rings. The van der Waals surface area contributed by atoms with Crippen molar-refractivity contribution in [2.45, 2.75) is 32.2 Å². The van der Waals surface area contributed by atoms with E-state index in [9.17, 15) is 0 Å². The number of hydrogen-bond acceptors (Lipinski definition) is 4. The third-order valence-electron chi connectivity index (χ3n) is 3.81. The molecule has 1 aromatic heterocycles. The Kier molecular flexibility index (Phi) is 4.46. The summed E-state index contributed by atoms with van der Waals surface area (Å²) in [7, 11) is 0. The van der Waals surface area contributed by atoms with Crippen LogP contribution in [0.2, 0.25) is 0 Å². The molecule has 0 radical (unpaired) electrons. The summed E-state index contributed by atoms with van der Waals surface area (Å²) in [4.78, 5) is 0. The highest BCUT2D eigenvalue weighted by Crippen LogP contribution is 2.35. The largest absolute Gasteiger partial charge is 0.493 e. The van der Waals surface area contributed by atoms with Crippen LogP contribution in [0, 0.1) is 0 Å². The lowest BCUT2D eigenvalue weighted by Gasteiger charge is -2.26. The molecule has 2 heterocycles. The molecule has 21 heavy (non-hydrogen) atoms. The summed E-state index contributed by atoms with van der Waals surface area (Å²) in [5.74, 6) is 1.05. The van der Waals surface area contributed by atoms with E-state index < -0.39 is 0 Å². The van der Waals surface area contributed by atoms with Gasteiger partial charge in [0.15, 0.2) is 0 Å². The van der Waals surface area contributed by atoms with E-state index in [0.717, 1.165) is 43.7 Å². The fourth-order valence-corrected chi connectivity index (χ4v) is 2.81. The molecule has 0 saturated carbocycles. The van der Waals surface area contributed by atoms with E-state index in [0.29, 0.717) is 0 Å². The van der Waals surface area contributed by atoms with E-state index >= 15 is 0 Å². The Bertz CT molecular complexity index is 586. The van der Waals surface area contributed by atoms with Gasteiger partial charge in [-0.15, -0.1) is 0 Å². The quantitative estimate of drug-likeness (QED) is 0.916. The second-order valence-corrected chi connectivity index (χ2v) is 5.35. The molecule has 110 valence electrons. The Hall–Kier alpha value is -1.94. The van der Waals surface area contributed by atoms with Crippen LogP contribution in [-0.4, -0.2) is 23.3 Å². The maximum absolute atomic E-state index is 5.96. The van der Waals surface area contributed by atoms with Crippen molar-refractivity contribution in [3.05, 3.63) is 53.3 Å². The van der Waals surface area contributed by atoms with E-state index in [1.165, 1.54) is 11.1 Å². The van der Waals surface area contributed by atoms with Crippen LogP contribution in [-0.2, 0) is 6.42 Å². The highest BCUT2D eigenvalue weighted by atomic mass is 16.5. The Balaban J connectivity index is 2.00. The average molecular weight is 283 g/mol. The lowest BCUT2D eigenvalue weighted by molar-refractivity contribution is 0.283. The fraction of sp³-hybridized carbons (Fsp3) is 0.412. The zero-order chi connectivity index (χ0) is 14.5. The first kappa shape index (κ1) is 14.0. The number of aryl methyl sites for hydroxylation is 1. The lowest BCUT2D eigenvalue weighted by atomic mass is 9.94. The Morgan fingerprint density at radius 3 is 3.05 bits per heavy atom. The zero-order valence-electron chi connectivity index (χ0n) is 12.4. The molecule has 1 atom stereocenters. The lowest BCUT2D eigenvalue weighted by Crippen LogP contribution is -2.25. The fourth-order valence-electron chi connectivity index (χ4n) is 2.81.